The topological polar surface area (TPSA) is 77.8 Å². The molecule has 90 valence electrons. The van der Waals surface area contributed by atoms with Gasteiger partial charge in [-0.1, -0.05) is 24.6 Å². The highest BCUT2D eigenvalue weighted by Gasteiger charge is 2.22. The number of allylic oxidation sites excluding steroid dienone is 4. The Hall–Kier alpha value is -1.84. The third-order valence-corrected chi connectivity index (χ3v) is 3.02. The van der Waals surface area contributed by atoms with Gasteiger partial charge in [-0.2, -0.15) is 4.98 Å². The van der Waals surface area contributed by atoms with Crippen LogP contribution in [0.2, 0.25) is 0 Å². The van der Waals surface area contributed by atoms with Crippen LogP contribution in [-0.2, 0) is 6.42 Å². The van der Waals surface area contributed by atoms with E-state index in [1.807, 2.05) is 0 Å². The van der Waals surface area contributed by atoms with Crippen molar-refractivity contribution < 1.29 is 0 Å². The van der Waals surface area contributed by atoms with Crippen molar-refractivity contribution in [2.24, 2.45) is 0 Å². The van der Waals surface area contributed by atoms with Crippen molar-refractivity contribution >= 4 is 17.3 Å². The van der Waals surface area contributed by atoms with Gasteiger partial charge in [0.05, 0.1) is 5.69 Å². The van der Waals surface area contributed by atoms with Gasteiger partial charge in [0.2, 0.25) is 5.95 Å². The Morgan fingerprint density at radius 1 is 1.24 bits per heavy atom. The molecule has 4 nitrogen and oxygen atoms in total. The molecule has 1 aromatic rings. The third kappa shape index (κ3) is 2.16. The highest BCUT2D eigenvalue weighted by atomic mass is 15.0. The van der Waals surface area contributed by atoms with E-state index < -0.39 is 0 Å². The molecule has 0 aromatic carbocycles. The number of nitrogen functional groups attached to an aromatic ring is 2. The fourth-order valence-electron chi connectivity index (χ4n) is 2.16. The van der Waals surface area contributed by atoms with E-state index in [1.54, 1.807) is 0 Å². The first-order valence-corrected chi connectivity index (χ1v) is 5.89. The number of nitrogens with two attached hydrogens (primary N) is 2. The quantitative estimate of drug-likeness (QED) is 0.781. The Bertz CT molecular complexity index is 500. The molecule has 0 bridgehead atoms. The SMILES string of the molecule is CC/C=C/CC1=C(C)Cc2c(N)nc(N)nc21. The van der Waals surface area contributed by atoms with Crippen LogP contribution in [0.5, 0.6) is 0 Å². The van der Waals surface area contributed by atoms with Crippen LogP contribution < -0.4 is 11.5 Å². The van der Waals surface area contributed by atoms with Crippen LogP contribution in [0.25, 0.3) is 5.57 Å². The lowest BCUT2D eigenvalue weighted by Gasteiger charge is -2.05. The van der Waals surface area contributed by atoms with Crippen molar-refractivity contribution in [1.82, 2.24) is 9.97 Å². The smallest absolute Gasteiger partial charge is 0.222 e. The van der Waals surface area contributed by atoms with Gasteiger partial charge in [-0.3, -0.25) is 0 Å². The van der Waals surface area contributed by atoms with E-state index in [9.17, 15) is 0 Å². The molecule has 2 rings (SSSR count). The normalized spacial score (nSPS) is 14.7. The zero-order chi connectivity index (χ0) is 12.4. The Morgan fingerprint density at radius 2 is 2.00 bits per heavy atom. The first kappa shape index (κ1) is 11.6. The molecule has 0 spiro atoms. The van der Waals surface area contributed by atoms with E-state index in [1.165, 1.54) is 11.1 Å². The Labute approximate surface area is 101 Å². The second kappa shape index (κ2) is 4.57. The summed E-state index contributed by atoms with van der Waals surface area (Å²) in [6.07, 6.45) is 7.11. The van der Waals surface area contributed by atoms with E-state index in [2.05, 4.69) is 36.0 Å². The summed E-state index contributed by atoms with van der Waals surface area (Å²) in [5.41, 5.74) is 16.0. The summed E-state index contributed by atoms with van der Waals surface area (Å²) in [5, 5.41) is 0. The molecule has 0 fully saturated rings. The molecule has 0 atom stereocenters. The Morgan fingerprint density at radius 3 is 2.71 bits per heavy atom. The second-order valence-corrected chi connectivity index (χ2v) is 4.31. The van der Waals surface area contributed by atoms with Crippen molar-refractivity contribution in [3.05, 3.63) is 29.0 Å². The van der Waals surface area contributed by atoms with Crippen LogP contribution in [0, 0.1) is 0 Å². The predicted molar refractivity (Wildman–Crippen MR) is 71.2 cm³/mol. The molecule has 1 aliphatic carbocycles. The van der Waals surface area contributed by atoms with Crippen molar-refractivity contribution in [3.63, 3.8) is 0 Å². The van der Waals surface area contributed by atoms with Crippen molar-refractivity contribution in [3.8, 4) is 0 Å². The largest absolute Gasteiger partial charge is 0.383 e. The molecule has 17 heavy (non-hydrogen) atoms. The molecule has 0 saturated carbocycles. The lowest BCUT2D eigenvalue weighted by molar-refractivity contribution is 1.10. The number of hydrogen-bond acceptors (Lipinski definition) is 4. The van der Waals surface area contributed by atoms with Gasteiger partial charge < -0.3 is 11.5 Å². The summed E-state index contributed by atoms with van der Waals surface area (Å²) in [4.78, 5) is 8.33. The molecule has 1 heterocycles. The number of hydrogen-bond donors (Lipinski definition) is 2. The first-order valence-electron chi connectivity index (χ1n) is 5.89. The standard InChI is InChI=1S/C13H18N4/c1-3-4-5-6-9-8(2)7-10-11(9)16-13(15)17-12(10)14/h4-5H,3,6-7H2,1-2H3,(H4,14,15,16,17)/b5-4+. The number of fused-ring (bicyclic) bond motifs is 1. The number of aromatic nitrogens is 2. The van der Waals surface area contributed by atoms with Crippen LogP contribution in [0.3, 0.4) is 0 Å². The molecule has 0 radical (unpaired) electrons. The van der Waals surface area contributed by atoms with Gasteiger partial charge in [0, 0.05) is 5.56 Å². The zero-order valence-corrected chi connectivity index (χ0v) is 10.3. The lowest BCUT2D eigenvalue weighted by Crippen LogP contribution is -2.05. The minimum Gasteiger partial charge on any atom is -0.383 e. The zero-order valence-electron chi connectivity index (χ0n) is 10.3. The van der Waals surface area contributed by atoms with Gasteiger partial charge in [-0.05, 0) is 31.8 Å². The molecule has 0 unspecified atom stereocenters. The minimum atomic E-state index is 0.257. The summed E-state index contributed by atoms with van der Waals surface area (Å²) in [5.74, 6) is 0.772. The fourth-order valence-corrected chi connectivity index (χ4v) is 2.16. The summed E-state index contributed by atoms with van der Waals surface area (Å²) in [6, 6.07) is 0. The van der Waals surface area contributed by atoms with Crippen LogP contribution in [0.4, 0.5) is 11.8 Å². The van der Waals surface area contributed by atoms with Gasteiger partial charge in [0.15, 0.2) is 0 Å². The highest BCUT2D eigenvalue weighted by Crippen LogP contribution is 2.36. The molecular formula is C13H18N4. The summed E-state index contributed by atoms with van der Waals surface area (Å²) < 4.78 is 0. The van der Waals surface area contributed by atoms with Gasteiger partial charge in [-0.15, -0.1) is 0 Å². The van der Waals surface area contributed by atoms with Crippen molar-refractivity contribution in [1.29, 1.82) is 0 Å². The van der Waals surface area contributed by atoms with E-state index in [0.717, 1.165) is 30.5 Å². The highest BCUT2D eigenvalue weighted by molar-refractivity contribution is 5.78. The Kier molecular flexibility index (Phi) is 3.13. The van der Waals surface area contributed by atoms with Crippen LogP contribution in [0.1, 0.15) is 37.9 Å². The van der Waals surface area contributed by atoms with Crippen LogP contribution in [0.15, 0.2) is 17.7 Å². The van der Waals surface area contributed by atoms with Gasteiger partial charge >= 0.3 is 0 Å². The molecule has 0 saturated heterocycles. The minimum absolute atomic E-state index is 0.257. The summed E-state index contributed by atoms with van der Waals surface area (Å²) in [7, 11) is 0. The number of rotatable bonds is 3. The van der Waals surface area contributed by atoms with Gasteiger partial charge in [0.1, 0.15) is 5.82 Å². The maximum Gasteiger partial charge on any atom is 0.222 e. The number of nitrogens with zero attached hydrogens (tertiary/aromatic N) is 2. The van der Waals surface area contributed by atoms with E-state index >= 15 is 0 Å². The number of anilines is 2. The summed E-state index contributed by atoms with van der Waals surface area (Å²) in [6.45, 7) is 4.24. The van der Waals surface area contributed by atoms with Crippen molar-refractivity contribution in [2.45, 2.75) is 33.1 Å². The average Bonchev–Trinajstić information content (AvgIpc) is 2.57. The van der Waals surface area contributed by atoms with Crippen LogP contribution in [-0.4, -0.2) is 9.97 Å². The van der Waals surface area contributed by atoms with E-state index in [4.69, 9.17) is 11.5 Å². The third-order valence-electron chi connectivity index (χ3n) is 3.02. The molecule has 1 aliphatic rings. The average molecular weight is 230 g/mol. The van der Waals surface area contributed by atoms with Gasteiger partial charge in [0.25, 0.3) is 0 Å². The predicted octanol–water partition coefficient (Wildman–Crippen LogP) is 2.33. The molecule has 0 amide bonds. The summed E-state index contributed by atoms with van der Waals surface area (Å²) >= 11 is 0. The van der Waals surface area contributed by atoms with E-state index in [0.29, 0.717) is 5.82 Å². The maximum atomic E-state index is 5.88. The van der Waals surface area contributed by atoms with Crippen LogP contribution >= 0.6 is 0 Å². The maximum absolute atomic E-state index is 5.88. The monoisotopic (exact) mass is 230 g/mol. The van der Waals surface area contributed by atoms with Crippen molar-refractivity contribution in [2.75, 3.05) is 11.5 Å². The molecule has 4 heteroatoms. The molecule has 4 N–H and O–H groups in total. The fraction of sp³-hybridized carbons (Fsp3) is 0.385. The molecule has 0 aliphatic heterocycles. The molecule has 1 aromatic heterocycles. The lowest BCUT2D eigenvalue weighted by atomic mass is 10.1. The van der Waals surface area contributed by atoms with Gasteiger partial charge in [-0.25, -0.2) is 4.98 Å². The first-order chi connectivity index (χ1) is 8.13. The second-order valence-electron chi connectivity index (χ2n) is 4.31. The molecular weight excluding hydrogens is 212 g/mol. The Balaban J connectivity index is 2.37. The van der Waals surface area contributed by atoms with E-state index in [-0.39, 0.29) is 5.95 Å².